The topological polar surface area (TPSA) is 91.5 Å². The molecule has 9 nitrogen and oxygen atoms in total. The summed E-state index contributed by atoms with van der Waals surface area (Å²) in [6, 6.07) is 35.7. The number of alkyl halides is 6. The van der Waals surface area contributed by atoms with E-state index in [0.717, 1.165) is 23.8 Å². The third-order valence-corrected chi connectivity index (χ3v) is 13.8. The fourth-order valence-electron chi connectivity index (χ4n) is 9.51. The molecule has 0 atom stereocenters. The standard InChI is InChI=1S/C22H17F4NO2.C21H14F5NO2.C21H15F4NO2/c1-12-4-3-5-18(23)17(12)11-27-14-6-7-15(19(24)9-14)16-10-21-20(8-13(16)2)28-22(25,26)29-21;1-11-7-19-20(29-21(25,26)28-19)9-14(11)13-6-5-12(8-18(13)24)27-10-15-16(22)3-2-4-17(15)23;1-12-8-19-20(28-21(24,25)27-19)10-16(12)15-7-6-14(9-18(15)23)26-11-13-4-2-3-5-17(13)22/h3-10,27H,11H2,1-2H3;2-9,27H,10H2,1H3;2-10,26H,11H2,1H3. The van der Waals surface area contributed by atoms with Gasteiger partial charge in [0.1, 0.15) is 40.7 Å². The summed E-state index contributed by atoms with van der Waals surface area (Å²) in [6.45, 7) is 6.99. The number of anilines is 3. The highest BCUT2D eigenvalue weighted by Crippen LogP contribution is 2.48. The van der Waals surface area contributed by atoms with E-state index >= 15 is 0 Å². The first-order valence-electron chi connectivity index (χ1n) is 26.0. The van der Waals surface area contributed by atoms with Crippen molar-refractivity contribution in [2.45, 2.75) is 66.2 Å². The van der Waals surface area contributed by atoms with E-state index in [1.54, 1.807) is 70.2 Å². The van der Waals surface area contributed by atoms with Crippen molar-refractivity contribution in [3.8, 4) is 67.9 Å². The molecule has 12 rings (SSSR count). The molecule has 86 heavy (non-hydrogen) atoms. The van der Waals surface area contributed by atoms with Gasteiger partial charge in [0.2, 0.25) is 0 Å². The Morgan fingerprint density at radius 1 is 0.291 bits per heavy atom. The van der Waals surface area contributed by atoms with Gasteiger partial charge in [-0.05, 0) is 182 Å². The van der Waals surface area contributed by atoms with Gasteiger partial charge in [-0.2, -0.15) is 0 Å². The van der Waals surface area contributed by atoms with E-state index in [4.69, 9.17) is 0 Å². The van der Waals surface area contributed by atoms with E-state index in [9.17, 15) is 57.1 Å². The molecular formula is C64H46F13N3O6. The van der Waals surface area contributed by atoms with Crippen LogP contribution in [0.4, 0.5) is 74.1 Å². The first kappa shape index (κ1) is 59.4. The van der Waals surface area contributed by atoms with Crippen LogP contribution in [0.2, 0.25) is 0 Å². The molecule has 3 heterocycles. The van der Waals surface area contributed by atoms with Gasteiger partial charge in [-0.15, -0.1) is 26.3 Å². The summed E-state index contributed by atoms with van der Waals surface area (Å²) in [5.74, 6) is -4.61. The van der Waals surface area contributed by atoms with Crippen molar-refractivity contribution in [2.75, 3.05) is 16.0 Å². The van der Waals surface area contributed by atoms with Gasteiger partial charge in [0.25, 0.3) is 0 Å². The molecule has 3 aliphatic rings. The molecule has 22 heteroatoms. The number of fused-ring (bicyclic) bond motifs is 3. The van der Waals surface area contributed by atoms with Crippen LogP contribution in [-0.4, -0.2) is 18.9 Å². The third kappa shape index (κ3) is 13.3. The lowest BCUT2D eigenvalue weighted by Crippen LogP contribution is -2.25. The average Bonchev–Trinajstić information content (AvgIpc) is 1.81. The number of aryl methyl sites for hydroxylation is 4. The first-order valence-corrected chi connectivity index (χ1v) is 26.0. The van der Waals surface area contributed by atoms with Crippen molar-refractivity contribution in [3.05, 3.63) is 231 Å². The highest BCUT2D eigenvalue weighted by molar-refractivity contribution is 5.76. The van der Waals surface area contributed by atoms with Crippen molar-refractivity contribution in [3.63, 3.8) is 0 Å². The number of hydrogen-bond acceptors (Lipinski definition) is 9. The van der Waals surface area contributed by atoms with Crippen molar-refractivity contribution in [1.82, 2.24) is 0 Å². The lowest BCUT2D eigenvalue weighted by Gasteiger charge is -2.13. The van der Waals surface area contributed by atoms with Gasteiger partial charge in [0.05, 0.1) is 0 Å². The number of rotatable bonds is 12. The molecular weight excluding hydrogens is 1150 g/mol. The van der Waals surface area contributed by atoms with Crippen molar-refractivity contribution < 1.29 is 85.5 Å². The minimum atomic E-state index is -3.76. The lowest BCUT2D eigenvalue weighted by molar-refractivity contribution is -0.287. The predicted molar refractivity (Wildman–Crippen MR) is 294 cm³/mol. The van der Waals surface area contributed by atoms with Crippen molar-refractivity contribution in [2.24, 2.45) is 0 Å². The van der Waals surface area contributed by atoms with Gasteiger partial charge in [0, 0.05) is 70.1 Å². The molecule has 444 valence electrons. The Labute approximate surface area is 482 Å². The SMILES string of the molecule is Cc1cc2c(cc1-c1ccc(NCc3c(C)cccc3F)cc1F)OC(F)(F)O2.Cc1cc2c(cc1-c1ccc(NCc3c(F)cccc3F)cc1F)OC(F)(F)O2.Cc1cc2c(cc1-c1ccc(NCc3ccccc3F)cc1F)OC(F)(F)O2. The Hall–Kier alpha value is -9.73. The first-order chi connectivity index (χ1) is 40.8. The molecule has 3 aliphatic heterocycles. The Morgan fingerprint density at radius 2 is 0.605 bits per heavy atom. The second-order valence-corrected chi connectivity index (χ2v) is 19.8. The maximum atomic E-state index is 14.8. The van der Waals surface area contributed by atoms with Gasteiger partial charge in [-0.25, -0.2) is 30.7 Å². The zero-order valence-corrected chi connectivity index (χ0v) is 45.4. The van der Waals surface area contributed by atoms with Gasteiger partial charge >= 0.3 is 18.9 Å². The zero-order chi connectivity index (χ0) is 61.4. The normalized spacial score (nSPS) is 14.2. The summed E-state index contributed by atoms with van der Waals surface area (Å²) >= 11 is 0. The molecule has 0 aromatic heterocycles. The molecule has 3 N–H and O–H groups in total. The average molecular weight is 1200 g/mol. The van der Waals surface area contributed by atoms with E-state index < -0.39 is 48.0 Å². The van der Waals surface area contributed by atoms with Crippen LogP contribution in [0.15, 0.2) is 152 Å². The monoisotopic (exact) mass is 1200 g/mol. The maximum Gasteiger partial charge on any atom is 0.586 e. The van der Waals surface area contributed by atoms with E-state index in [2.05, 4.69) is 44.4 Å². The van der Waals surface area contributed by atoms with Gasteiger partial charge in [-0.1, -0.05) is 36.4 Å². The minimum absolute atomic E-state index is 0.0878. The minimum Gasteiger partial charge on any atom is -0.395 e. The van der Waals surface area contributed by atoms with Crippen LogP contribution in [-0.2, 0) is 19.6 Å². The molecule has 0 saturated carbocycles. The molecule has 0 aliphatic carbocycles. The second kappa shape index (κ2) is 23.7. The van der Waals surface area contributed by atoms with Crippen LogP contribution in [0.3, 0.4) is 0 Å². The number of benzene rings is 9. The second-order valence-electron chi connectivity index (χ2n) is 19.8. The maximum absolute atomic E-state index is 14.8. The molecule has 0 amide bonds. The Kier molecular flexibility index (Phi) is 16.4. The fourth-order valence-corrected chi connectivity index (χ4v) is 9.51. The van der Waals surface area contributed by atoms with Crippen LogP contribution in [0.5, 0.6) is 34.5 Å². The van der Waals surface area contributed by atoms with E-state index in [0.29, 0.717) is 61.6 Å². The zero-order valence-electron chi connectivity index (χ0n) is 45.4. The molecule has 0 radical (unpaired) electrons. The third-order valence-electron chi connectivity index (χ3n) is 13.8. The highest BCUT2D eigenvalue weighted by Gasteiger charge is 2.46. The van der Waals surface area contributed by atoms with Crippen LogP contribution in [0, 0.1) is 68.4 Å². The number of nitrogens with one attached hydrogen (secondary N) is 3. The summed E-state index contributed by atoms with van der Waals surface area (Å²) < 4.78 is 205. The van der Waals surface area contributed by atoms with Gasteiger partial charge in [0.15, 0.2) is 34.5 Å². The largest absolute Gasteiger partial charge is 0.586 e. The molecule has 9 aromatic carbocycles. The van der Waals surface area contributed by atoms with Gasteiger partial charge in [-0.3, -0.25) is 0 Å². The Morgan fingerprint density at radius 3 is 0.965 bits per heavy atom. The highest BCUT2D eigenvalue weighted by atomic mass is 19.3. The summed E-state index contributed by atoms with van der Waals surface area (Å²) in [5.41, 5.74) is 6.28. The number of halogens is 13. The summed E-state index contributed by atoms with van der Waals surface area (Å²) in [5, 5.41) is 8.74. The van der Waals surface area contributed by atoms with Crippen LogP contribution in [0.25, 0.3) is 33.4 Å². The van der Waals surface area contributed by atoms with Crippen molar-refractivity contribution >= 4 is 17.1 Å². The summed E-state index contributed by atoms with van der Waals surface area (Å²) in [7, 11) is 0. The lowest BCUT2D eigenvalue weighted by atomic mass is 9.99. The molecule has 0 unspecified atom stereocenters. The van der Waals surface area contributed by atoms with Gasteiger partial charge < -0.3 is 44.4 Å². The number of hydrogen-bond donors (Lipinski definition) is 3. The van der Waals surface area contributed by atoms with E-state index in [1.807, 2.05) is 0 Å². The quantitative estimate of drug-likeness (QED) is 0.103. The van der Waals surface area contributed by atoms with Crippen LogP contribution < -0.4 is 44.4 Å². The molecule has 0 fully saturated rings. The molecule has 9 aromatic rings. The molecule has 0 saturated heterocycles. The Balaban J connectivity index is 0.000000143. The van der Waals surface area contributed by atoms with E-state index in [1.165, 1.54) is 91.0 Å². The Bertz CT molecular complexity index is 3860. The van der Waals surface area contributed by atoms with Crippen molar-refractivity contribution in [1.29, 1.82) is 0 Å². The fraction of sp³-hybridized carbons (Fsp3) is 0.156. The molecule has 0 bridgehead atoms. The summed E-state index contributed by atoms with van der Waals surface area (Å²) in [6.07, 6.45) is -11.2. The van der Waals surface area contributed by atoms with E-state index in [-0.39, 0.29) is 88.0 Å². The molecule has 0 spiro atoms. The summed E-state index contributed by atoms with van der Waals surface area (Å²) in [4.78, 5) is 0. The van der Waals surface area contributed by atoms with Crippen LogP contribution in [0.1, 0.15) is 38.9 Å². The smallest absolute Gasteiger partial charge is 0.395 e. The number of ether oxygens (including phenoxy) is 6. The van der Waals surface area contributed by atoms with Crippen LogP contribution >= 0.6 is 0 Å². The predicted octanol–water partition coefficient (Wildman–Crippen LogP) is 18.1.